The maximum Gasteiger partial charge on any atom is 0.253 e. The van der Waals surface area contributed by atoms with Crippen LogP contribution in [0.4, 0.5) is 10.1 Å². The summed E-state index contributed by atoms with van der Waals surface area (Å²) in [5.41, 5.74) is 4.17. The lowest BCUT2D eigenvalue weighted by molar-refractivity contribution is -0.111. The van der Waals surface area contributed by atoms with Crippen LogP contribution in [0.1, 0.15) is 28.9 Å². The van der Waals surface area contributed by atoms with Crippen molar-refractivity contribution in [1.29, 1.82) is 0 Å². The molecule has 1 saturated heterocycles. The smallest absolute Gasteiger partial charge is 0.253 e. The quantitative estimate of drug-likeness (QED) is 0.364. The molecule has 0 bridgehead atoms. The first-order valence-corrected chi connectivity index (χ1v) is 10.8. The van der Waals surface area contributed by atoms with Crippen molar-refractivity contribution in [2.45, 2.75) is 18.3 Å². The fourth-order valence-electron chi connectivity index (χ4n) is 4.59. The summed E-state index contributed by atoms with van der Waals surface area (Å²) in [5, 5.41) is 8.90. The number of hydrogen-bond donors (Lipinski definition) is 4. The maximum atomic E-state index is 14.0. The van der Waals surface area contributed by atoms with Gasteiger partial charge in [-0.05, 0) is 49.7 Å². The van der Waals surface area contributed by atoms with Crippen LogP contribution in [-0.4, -0.2) is 46.4 Å². The molecule has 9 heteroatoms. The van der Waals surface area contributed by atoms with Crippen LogP contribution in [0.3, 0.4) is 0 Å². The van der Waals surface area contributed by atoms with E-state index >= 15 is 0 Å². The fraction of sp³-hybridized carbons (Fsp3) is 0.250. The zero-order chi connectivity index (χ0) is 23.0. The predicted octanol–water partition coefficient (Wildman–Crippen LogP) is 2.77. The molecule has 1 fully saturated rings. The summed E-state index contributed by atoms with van der Waals surface area (Å²) < 4.78 is 14.0. The zero-order valence-corrected chi connectivity index (χ0v) is 17.9. The van der Waals surface area contributed by atoms with Gasteiger partial charge in [-0.2, -0.15) is 4.39 Å². The van der Waals surface area contributed by atoms with Gasteiger partial charge in [-0.3, -0.25) is 14.6 Å². The van der Waals surface area contributed by atoms with Gasteiger partial charge < -0.3 is 20.9 Å². The summed E-state index contributed by atoms with van der Waals surface area (Å²) in [4.78, 5) is 35.8. The van der Waals surface area contributed by atoms with E-state index < -0.39 is 11.9 Å². The highest BCUT2D eigenvalue weighted by atomic mass is 19.1. The molecule has 3 aromatic rings. The van der Waals surface area contributed by atoms with Crippen LogP contribution in [0.5, 0.6) is 0 Å². The molecule has 1 atom stereocenters. The molecule has 0 radical (unpaired) electrons. The van der Waals surface area contributed by atoms with Crippen molar-refractivity contribution >= 4 is 17.5 Å². The molecule has 168 valence electrons. The van der Waals surface area contributed by atoms with Gasteiger partial charge >= 0.3 is 0 Å². The van der Waals surface area contributed by atoms with Crippen molar-refractivity contribution in [2.75, 3.05) is 25.0 Å². The molecule has 0 saturated carbocycles. The minimum atomic E-state index is -0.792. The van der Waals surface area contributed by atoms with Crippen LogP contribution in [0.15, 0.2) is 49.3 Å². The molecule has 0 aromatic carbocycles. The van der Waals surface area contributed by atoms with E-state index in [1.807, 2.05) is 18.2 Å². The number of carbonyl (C=O) groups is 2. The van der Waals surface area contributed by atoms with Crippen molar-refractivity contribution in [3.8, 4) is 22.5 Å². The van der Waals surface area contributed by atoms with Crippen molar-refractivity contribution in [1.82, 2.24) is 25.6 Å². The molecule has 2 amide bonds. The van der Waals surface area contributed by atoms with Crippen molar-refractivity contribution in [3.63, 3.8) is 0 Å². The molecule has 1 spiro atoms. The van der Waals surface area contributed by atoms with Crippen LogP contribution in [0.25, 0.3) is 22.5 Å². The lowest BCUT2D eigenvalue weighted by Gasteiger charge is -2.40. The van der Waals surface area contributed by atoms with E-state index in [1.165, 1.54) is 12.3 Å². The van der Waals surface area contributed by atoms with E-state index in [-0.39, 0.29) is 17.0 Å². The second kappa shape index (κ2) is 8.25. The van der Waals surface area contributed by atoms with Gasteiger partial charge in [-0.1, -0.05) is 6.58 Å². The minimum absolute atomic E-state index is 0.0525. The summed E-state index contributed by atoms with van der Waals surface area (Å²) in [6.07, 6.45) is 6.11. The minimum Gasteiger partial charge on any atom is -0.357 e. The highest BCUT2D eigenvalue weighted by Gasteiger charge is 2.42. The number of aromatic nitrogens is 3. The van der Waals surface area contributed by atoms with E-state index in [4.69, 9.17) is 0 Å². The third kappa shape index (κ3) is 3.80. The summed E-state index contributed by atoms with van der Waals surface area (Å²) in [5.74, 6) is -1.40. The number of amides is 2. The third-order valence-electron chi connectivity index (χ3n) is 6.30. The Morgan fingerprint density at radius 2 is 2.09 bits per heavy atom. The van der Waals surface area contributed by atoms with Gasteiger partial charge in [0.1, 0.15) is 0 Å². The van der Waals surface area contributed by atoms with E-state index in [0.29, 0.717) is 23.4 Å². The SMILES string of the molecule is C=CC(=O)Nc1cc(-c2cc(-c3cc4c([nH]3)C3(CCCNC3)CNC4=O)ccn2)cnc1F. The Bertz CT molecular complexity index is 1260. The normalized spacial score (nSPS) is 19.6. The molecular weight excluding hydrogens is 423 g/mol. The summed E-state index contributed by atoms with van der Waals surface area (Å²) in [6, 6.07) is 7.04. The molecule has 1 unspecified atom stereocenters. The monoisotopic (exact) mass is 446 g/mol. The lowest BCUT2D eigenvalue weighted by atomic mass is 9.74. The third-order valence-corrected chi connectivity index (χ3v) is 6.30. The second-order valence-electron chi connectivity index (χ2n) is 8.40. The van der Waals surface area contributed by atoms with Gasteiger partial charge in [0, 0.05) is 53.4 Å². The van der Waals surface area contributed by atoms with E-state index in [2.05, 4.69) is 37.5 Å². The topological polar surface area (TPSA) is 112 Å². The first-order valence-electron chi connectivity index (χ1n) is 10.8. The Kier molecular flexibility index (Phi) is 5.26. The molecule has 2 aliphatic heterocycles. The van der Waals surface area contributed by atoms with Gasteiger partial charge in [-0.25, -0.2) is 4.98 Å². The number of pyridine rings is 2. The summed E-state index contributed by atoms with van der Waals surface area (Å²) >= 11 is 0. The van der Waals surface area contributed by atoms with Crippen molar-refractivity contribution in [3.05, 3.63) is 66.5 Å². The zero-order valence-electron chi connectivity index (χ0n) is 17.9. The molecule has 5 heterocycles. The van der Waals surface area contributed by atoms with Gasteiger partial charge in [0.25, 0.3) is 5.91 Å². The molecule has 4 N–H and O–H groups in total. The van der Waals surface area contributed by atoms with Gasteiger partial charge in [0.05, 0.1) is 16.9 Å². The number of H-pyrrole nitrogens is 1. The van der Waals surface area contributed by atoms with Gasteiger partial charge in [0.2, 0.25) is 11.9 Å². The van der Waals surface area contributed by atoms with Crippen LogP contribution in [0, 0.1) is 5.95 Å². The highest BCUT2D eigenvalue weighted by Crippen LogP contribution is 2.38. The summed E-state index contributed by atoms with van der Waals surface area (Å²) in [6.45, 7) is 5.77. The Morgan fingerprint density at radius 1 is 1.21 bits per heavy atom. The maximum absolute atomic E-state index is 14.0. The molecule has 2 aliphatic rings. The fourth-order valence-corrected chi connectivity index (χ4v) is 4.59. The van der Waals surface area contributed by atoms with Gasteiger partial charge in [0.15, 0.2) is 0 Å². The van der Waals surface area contributed by atoms with Crippen LogP contribution >= 0.6 is 0 Å². The Morgan fingerprint density at radius 3 is 2.88 bits per heavy atom. The number of halogens is 1. The van der Waals surface area contributed by atoms with Crippen LogP contribution in [-0.2, 0) is 10.2 Å². The number of hydrogen-bond acceptors (Lipinski definition) is 5. The number of fused-ring (bicyclic) bond motifs is 2. The molecule has 0 aliphatic carbocycles. The lowest BCUT2D eigenvalue weighted by Crippen LogP contribution is -2.54. The predicted molar refractivity (Wildman–Crippen MR) is 122 cm³/mol. The molecule has 3 aromatic heterocycles. The largest absolute Gasteiger partial charge is 0.357 e. The molecular formula is C24H23FN6O2. The average molecular weight is 446 g/mol. The first-order chi connectivity index (χ1) is 16.0. The van der Waals surface area contributed by atoms with E-state index in [0.717, 1.165) is 49.0 Å². The Balaban J connectivity index is 1.52. The molecule has 5 rings (SSSR count). The van der Waals surface area contributed by atoms with Crippen molar-refractivity contribution < 1.29 is 14.0 Å². The van der Waals surface area contributed by atoms with E-state index in [9.17, 15) is 14.0 Å². The highest BCUT2D eigenvalue weighted by molar-refractivity contribution is 5.99. The van der Waals surface area contributed by atoms with Crippen LogP contribution in [0.2, 0.25) is 0 Å². The van der Waals surface area contributed by atoms with Crippen molar-refractivity contribution in [2.24, 2.45) is 0 Å². The summed E-state index contributed by atoms with van der Waals surface area (Å²) in [7, 11) is 0. The second-order valence-corrected chi connectivity index (χ2v) is 8.40. The average Bonchev–Trinajstić information content (AvgIpc) is 3.31. The first kappa shape index (κ1) is 21.0. The van der Waals surface area contributed by atoms with Crippen LogP contribution < -0.4 is 16.0 Å². The number of rotatable bonds is 4. The number of piperidine rings is 1. The molecule has 33 heavy (non-hydrogen) atoms. The number of anilines is 1. The number of carbonyl (C=O) groups excluding carboxylic acids is 2. The number of nitrogens with zero attached hydrogens (tertiary/aromatic N) is 2. The van der Waals surface area contributed by atoms with Gasteiger partial charge in [-0.15, -0.1) is 0 Å². The standard InChI is InChI=1S/C24H23FN6O2/c1-2-20(32)30-19-9-15(11-28-22(19)25)17-8-14(4-7-27-17)18-10-16-21(31-18)24(13-29-23(16)33)5-3-6-26-12-24/h2,4,7-11,26,31H,1,3,5-6,12-13H2,(H,29,33)(H,30,32). The number of nitrogens with one attached hydrogen (secondary N) is 4. The Hall–Kier alpha value is -3.85. The van der Waals surface area contributed by atoms with E-state index in [1.54, 1.807) is 6.20 Å². The number of aromatic amines is 1. The molecule has 8 nitrogen and oxygen atoms in total. The Labute approximate surface area is 189 Å².